The summed E-state index contributed by atoms with van der Waals surface area (Å²) in [5.74, 6) is 0.247. The van der Waals surface area contributed by atoms with E-state index < -0.39 is 6.36 Å². The Bertz CT molecular complexity index is 468. The summed E-state index contributed by atoms with van der Waals surface area (Å²) in [6.45, 7) is 2.09. The third kappa shape index (κ3) is 2.71. The van der Waals surface area contributed by atoms with Gasteiger partial charge in [-0.1, -0.05) is 12.1 Å². The average Bonchev–Trinajstić information content (AvgIpc) is 2.71. The van der Waals surface area contributed by atoms with E-state index in [9.17, 15) is 13.2 Å². The fourth-order valence-electron chi connectivity index (χ4n) is 3.26. The van der Waals surface area contributed by atoms with Crippen LogP contribution in [0.2, 0.25) is 0 Å². The number of benzene rings is 1. The molecule has 1 aliphatic heterocycles. The second-order valence-corrected chi connectivity index (χ2v) is 5.66. The van der Waals surface area contributed by atoms with Gasteiger partial charge in [-0.05, 0) is 48.3 Å². The number of hydrogen-bond donors (Lipinski definition) is 1. The van der Waals surface area contributed by atoms with Gasteiger partial charge in [0.25, 0.3) is 0 Å². The molecule has 1 spiro atoms. The predicted octanol–water partition coefficient (Wildman–Crippen LogP) is 3.44. The molecule has 2 aliphatic rings. The molecule has 2 nitrogen and oxygen atoms in total. The van der Waals surface area contributed by atoms with Crippen molar-refractivity contribution in [2.75, 3.05) is 13.1 Å². The molecule has 104 valence electrons. The highest BCUT2D eigenvalue weighted by Crippen LogP contribution is 2.49. The zero-order valence-electron chi connectivity index (χ0n) is 10.5. The highest BCUT2D eigenvalue weighted by atomic mass is 19.4. The number of halogens is 3. The third-order valence-electron chi connectivity index (χ3n) is 4.27. The van der Waals surface area contributed by atoms with Gasteiger partial charge in [-0.25, -0.2) is 0 Å². The highest BCUT2D eigenvalue weighted by molar-refractivity contribution is 5.32. The van der Waals surface area contributed by atoms with Crippen molar-refractivity contribution < 1.29 is 17.9 Å². The van der Waals surface area contributed by atoms with E-state index in [1.807, 2.05) is 6.07 Å². The van der Waals surface area contributed by atoms with Crippen molar-refractivity contribution in [3.8, 4) is 5.75 Å². The van der Waals surface area contributed by atoms with Gasteiger partial charge in [-0.2, -0.15) is 0 Å². The largest absolute Gasteiger partial charge is 0.573 e. The number of hydrogen-bond acceptors (Lipinski definition) is 2. The molecule has 1 atom stereocenters. The van der Waals surface area contributed by atoms with Crippen LogP contribution >= 0.6 is 0 Å². The van der Waals surface area contributed by atoms with Crippen LogP contribution in [-0.4, -0.2) is 19.5 Å². The Hall–Kier alpha value is -1.23. The predicted molar refractivity (Wildman–Crippen MR) is 65.0 cm³/mol. The van der Waals surface area contributed by atoms with E-state index in [1.165, 1.54) is 12.1 Å². The van der Waals surface area contributed by atoms with E-state index in [2.05, 4.69) is 10.1 Å². The Kier molecular flexibility index (Phi) is 2.96. The van der Waals surface area contributed by atoms with Gasteiger partial charge in [0, 0.05) is 13.1 Å². The minimum absolute atomic E-state index is 0.113. The number of nitrogens with one attached hydrogen (secondary N) is 1. The van der Waals surface area contributed by atoms with Gasteiger partial charge >= 0.3 is 6.36 Å². The van der Waals surface area contributed by atoms with Crippen LogP contribution in [0.1, 0.15) is 30.7 Å². The third-order valence-corrected chi connectivity index (χ3v) is 4.27. The lowest BCUT2D eigenvalue weighted by Crippen LogP contribution is -2.51. The van der Waals surface area contributed by atoms with Crippen LogP contribution in [0.4, 0.5) is 13.2 Å². The minimum atomic E-state index is -4.62. The molecule has 1 saturated carbocycles. The standard InChI is InChI=1S/C14H16F3NO/c15-14(16,17)19-12-3-1-2-10(6-12)11-4-5-13(7-11)8-18-9-13/h1-3,6,11,18H,4-5,7-9H2/t11-/m1/s1. The minimum Gasteiger partial charge on any atom is -0.406 e. The maximum Gasteiger partial charge on any atom is 0.573 e. The van der Waals surface area contributed by atoms with Crippen molar-refractivity contribution in [3.05, 3.63) is 29.8 Å². The number of ether oxygens (including phenoxy) is 1. The first kappa shape index (κ1) is 12.8. The molecule has 5 heteroatoms. The summed E-state index contributed by atoms with van der Waals surface area (Å²) in [5, 5.41) is 3.28. The topological polar surface area (TPSA) is 21.3 Å². The molecule has 1 heterocycles. The second-order valence-electron chi connectivity index (χ2n) is 5.66. The molecule has 1 saturated heterocycles. The maximum atomic E-state index is 12.2. The first-order chi connectivity index (χ1) is 8.96. The lowest BCUT2D eigenvalue weighted by Gasteiger charge is -2.39. The molecule has 0 unspecified atom stereocenters. The molecule has 1 aromatic rings. The number of rotatable bonds is 2. The van der Waals surface area contributed by atoms with Gasteiger partial charge in [0.1, 0.15) is 5.75 Å². The quantitative estimate of drug-likeness (QED) is 0.889. The van der Waals surface area contributed by atoms with Crippen molar-refractivity contribution in [3.63, 3.8) is 0 Å². The first-order valence-corrected chi connectivity index (χ1v) is 6.52. The Morgan fingerprint density at radius 2 is 2.05 bits per heavy atom. The molecular weight excluding hydrogens is 255 g/mol. The molecular formula is C14H16F3NO. The molecule has 1 aliphatic carbocycles. The van der Waals surface area contributed by atoms with Gasteiger partial charge in [0.2, 0.25) is 0 Å². The molecule has 19 heavy (non-hydrogen) atoms. The van der Waals surface area contributed by atoms with E-state index in [0.717, 1.165) is 37.9 Å². The van der Waals surface area contributed by atoms with Crippen molar-refractivity contribution >= 4 is 0 Å². The Labute approximate surface area is 109 Å². The molecule has 0 aromatic heterocycles. The fourth-order valence-corrected chi connectivity index (χ4v) is 3.26. The van der Waals surface area contributed by atoms with E-state index in [4.69, 9.17) is 0 Å². The van der Waals surface area contributed by atoms with E-state index >= 15 is 0 Å². The second kappa shape index (κ2) is 4.40. The van der Waals surface area contributed by atoms with Gasteiger partial charge in [0.15, 0.2) is 0 Å². The lowest BCUT2D eigenvalue weighted by atomic mass is 9.79. The Balaban J connectivity index is 1.73. The molecule has 3 rings (SSSR count). The molecule has 1 N–H and O–H groups in total. The van der Waals surface area contributed by atoms with Crippen LogP contribution in [0.25, 0.3) is 0 Å². The normalized spacial score (nSPS) is 25.3. The average molecular weight is 271 g/mol. The zero-order chi connectivity index (χ0) is 13.5. The van der Waals surface area contributed by atoms with Gasteiger partial charge in [-0.15, -0.1) is 13.2 Å². The van der Waals surface area contributed by atoms with Crippen LogP contribution in [0.3, 0.4) is 0 Å². The summed E-state index contributed by atoms with van der Waals surface area (Å²) in [4.78, 5) is 0. The van der Waals surface area contributed by atoms with E-state index in [1.54, 1.807) is 6.07 Å². The Morgan fingerprint density at radius 3 is 2.63 bits per heavy atom. The number of alkyl halides is 3. The fraction of sp³-hybridized carbons (Fsp3) is 0.571. The summed E-state index contributed by atoms with van der Waals surface area (Å²) in [6, 6.07) is 6.43. The van der Waals surface area contributed by atoms with Gasteiger partial charge in [-0.3, -0.25) is 0 Å². The summed E-state index contributed by atoms with van der Waals surface area (Å²) >= 11 is 0. The van der Waals surface area contributed by atoms with E-state index in [0.29, 0.717) is 11.3 Å². The monoisotopic (exact) mass is 271 g/mol. The van der Waals surface area contributed by atoms with Crippen molar-refractivity contribution in [1.29, 1.82) is 0 Å². The van der Waals surface area contributed by atoms with Gasteiger partial charge in [0.05, 0.1) is 0 Å². The molecule has 0 radical (unpaired) electrons. The first-order valence-electron chi connectivity index (χ1n) is 6.52. The maximum absolute atomic E-state index is 12.2. The smallest absolute Gasteiger partial charge is 0.406 e. The van der Waals surface area contributed by atoms with Gasteiger partial charge < -0.3 is 10.1 Å². The lowest BCUT2D eigenvalue weighted by molar-refractivity contribution is -0.274. The van der Waals surface area contributed by atoms with Crippen LogP contribution in [0.15, 0.2) is 24.3 Å². The van der Waals surface area contributed by atoms with E-state index in [-0.39, 0.29) is 5.75 Å². The van der Waals surface area contributed by atoms with Crippen molar-refractivity contribution in [1.82, 2.24) is 5.32 Å². The van der Waals surface area contributed by atoms with Crippen LogP contribution in [0.5, 0.6) is 5.75 Å². The Morgan fingerprint density at radius 1 is 1.26 bits per heavy atom. The van der Waals surface area contributed by atoms with Crippen LogP contribution in [0, 0.1) is 5.41 Å². The summed E-state index contributed by atoms with van der Waals surface area (Å²) < 4.78 is 40.6. The molecule has 1 aromatic carbocycles. The van der Waals surface area contributed by atoms with Crippen LogP contribution < -0.4 is 10.1 Å². The summed E-state index contributed by atoms with van der Waals surface area (Å²) in [7, 11) is 0. The summed E-state index contributed by atoms with van der Waals surface area (Å²) in [5.41, 5.74) is 1.36. The van der Waals surface area contributed by atoms with Crippen LogP contribution in [-0.2, 0) is 0 Å². The molecule has 2 fully saturated rings. The zero-order valence-corrected chi connectivity index (χ0v) is 10.5. The molecule has 0 bridgehead atoms. The SMILES string of the molecule is FC(F)(F)Oc1cccc([C@@H]2CCC3(CNC3)C2)c1. The highest BCUT2D eigenvalue weighted by Gasteiger charge is 2.44. The van der Waals surface area contributed by atoms with Crippen molar-refractivity contribution in [2.45, 2.75) is 31.5 Å². The van der Waals surface area contributed by atoms with Crippen molar-refractivity contribution in [2.24, 2.45) is 5.41 Å². The summed E-state index contributed by atoms with van der Waals surface area (Å²) in [6.07, 6.45) is -1.34. The molecule has 0 amide bonds.